The van der Waals surface area contributed by atoms with Crippen molar-refractivity contribution in [2.75, 3.05) is 7.05 Å². The highest BCUT2D eigenvalue weighted by Crippen LogP contribution is 2.16. The van der Waals surface area contributed by atoms with Crippen molar-refractivity contribution in [1.82, 2.24) is 10.2 Å². The number of halogens is 1. The number of rotatable bonds is 6. The summed E-state index contributed by atoms with van der Waals surface area (Å²) < 4.78 is 0.947. The van der Waals surface area contributed by atoms with Crippen LogP contribution in [0.5, 0.6) is 0 Å². The fraction of sp³-hybridized carbons (Fsp3) is 0.263. The normalized spacial score (nSPS) is 11.6. The second-order valence-corrected chi connectivity index (χ2v) is 6.52. The van der Waals surface area contributed by atoms with Crippen LogP contribution in [-0.4, -0.2) is 29.8 Å². The van der Waals surface area contributed by atoms with E-state index in [2.05, 4.69) is 21.2 Å². The molecular formula is C19H21BrN2O2. The number of nitrogens with one attached hydrogen (secondary N) is 1. The molecule has 1 atom stereocenters. The van der Waals surface area contributed by atoms with Crippen molar-refractivity contribution in [2.45, 2.75) is 25.9 Å². The van der Waals surface area contributed by atoms with Crippen molar-refractivity contribution >= 4 is 27.7 Å². The monoisotopic (exact) mass is 388 g/mol. The lowest BCUT2D eigenvalue weighted by Gasteiger charge is -2.28. The number of hydrogen-bond donors (Lipinski definition) is 1. The van der Waals surface area contributed by atoms with Crippen LogP contribution in [0.25, 0.3) is 0 Å². The molecule has 0 saturated heterocycles. The molecule has 0 bridgehead atoms. The van der Waals surface area contributed by atoms with Gasteiger partial charge in [0.15, 0.2) is 0 Å². The Balaban J connectivity index is 2.21. The Labute approximate surface area is 151 Å². The number of amides is 2. The summed E-state index contributed by atoms with van der Waals surface area (Å²) in [6.45, 7) is 2.14. The highest BCUT2D eigenvalue weighted by molar-refractivity contribution is 9.10. The molecule has 0 fully saturated rings. The SMILES string of the molecule is CNC(=O)[C@@H](C)N(Cc1cccc(Br)c1)C(=O)Cc1ccccc1. The van der Waals surface area contributed by atoms with Gasteiger partial charge in [0.25, 0.3) is 0 Å². The Morgan fingerprint density at radius 1 is 1.08 bits per heavy atom. The molecular weight excluding hydrogens is 368 g/mol. The minimum Gasteiger partial charge on any atom is -0.357 e. The number of nitrogens with zero attached hydrogens (tertiary/aromatic N) is 1. The average Bonchev–Trinajstić information content (AvgIpc) is 2.59. The van der Waals surface area contributed by atoms with E-state index in [0.29, 0.717) is 6.54 Å². The molecule has 0 aliphatic heterocycles. The fourth-order valence-corrected chi connectivity index (χ4v) is 2.94. The van der Waals surface area contributed by atoms with Gasteiger partial charge in [0.2, 0.25) is 11.8 Å². The maximum absolute atomic E-state index is 12.8. The fourth-order valence-electron chi connectivity index (χ4n) is 2.50. The largest absolute Gasteiger partial charge is 0.357 e. The molecule has 0 spiro atoms. The van der Waals surface area contributed by atoms with E-state index >= 15 is 0 Å². The van der Waals surface area contributed by atoms with Gasteiger partial charge in [-0.2, -0.15) is 0 Å². The maximum Gasteiger partial charge on any atom is 0.242 e. The smallest absolute Gasteiger partial charge is 0.242 e. The Hall–Kier alpha value is -2.14. The molecule has 0 aliphatic rings. The van der Waals surface area contributed by atoms with Crippen LogP contribution in [0.2, 0.25) is 0 Å². The topological polar surface area (TPSA) is 49.4 Å². The van der Waals surface area contributed by atoms with Gasteiger partial charge in [-0.25, -0.2) is 0 Å². The second-order valence-electron chi connectivity index (χ2n) is 5.60. The van der Waals surface area contributed by atoms with E-state index in [1.165, 1.54) is 0 Å². The van der Waals surface area contributed by atoms with Gasteiger partial charge in [0.05, 0.1) is 6.42 Å². The van der Waals surface area contributed by atoms with Crippen LogP contribution >= 0.6 is 15.9 Å². The average molecular weight is 389 g/mol. The number of benzene rings is 2. The first-order valence-corrected chi connectivity index (χ1v) is 8.60. The predicted octanol–water partition coefficient (Wildman–Crippen LogP) is 3.15. The molecule has 5 heteroatoms. The summed E-state index contributed by atoms with van der Waals surface area (Å²) in [5.41, 5.74) is 1.91. The van der Waals surface area contributed by atoms with Crippen LogP contribution in [0.15, 0.2) is 59.1 Å². The zero-order valence-electron chi connectivity index (χ0n) is 13.8. The summed E-state index contributed by atoms with van der Waals surface area (Å²) in [6, 6.07) is 16.8. The third-order valence-electron chi connectivity index (χ3n) is 3.85. The molecule has 4 nitrogen and oxygen atoms in total. The van der Waals surface area contributed by atoms with Gasteiger partial charge < -0.3 is 10.2 Å². The Bertz CT molecular complexity index is 704. The van der Waals surface area contributed by atoms with Crippen LogP contribution in [0.3, 0.4) is 0 Å². The summed E-state index contributed by atoms with van der Waals surface area (Å²) >= 11 is 3.44. The summed E-state index contributed by atoms with van der Waals surface area (Å²) in [7, 11) is 1.58. The molecule has 0 radical (unpaired) electrons. The highest BCUT2D eigenvalue weighted by Gasteiger charge is 2.25. The summed E-state index contributed by atoms with van der Waals surface area (Å²) in [4.78, 5) is 26.5. The Kier molecular flexibility index (Phi) is 6.55. The number of likely N-dealkylation sites (N-methyl/N-ethyl adjacent to an activating group) is 1. The molecule has 0 aliphatic carbocycles. The van der Waals surface area contributed by atoms with Crippen molar-refractivity contribution in [3.63, 3.8) is 0 Å². The third-order valence-corrected chi connectivity index (χ3v) is 4.35. The minimum absolute atomic E-state index is 0.0720. The van der Waals surface area contributed by atoms with Crippen molar-refractivity contribution in [1.29, 1.82) is 0 Å². The molecule has 24 heavy (non-hydrogen) atoms. The van der Waals surface area contributed by atoms with E-state index in [-0.39, 0.29) is 18.2 Å². The van der Waals surface area contributed by atoms with E-state index in [9.17, 15) is 9.59 Å². The minimum atomic E-state index is -0.537. The number of carbonyl (C=O) groups is 2. The number of carbonyl (C=O) groups excluding carboxylic acids is 2. The van der Waals surface area contributed by atoms with Gasteiger partial charge in [-0.05, 0) is 30.2 Å². The van der Waals surface area contributed by atoms with Crippen molar-refractivity contribution in [2.24, 2.45) is 0 Å². The lowest BCUT2D eigenvalue weighted by atomic mass is 10.1. The third kappa shape index (κ3) is 4.93. The van der Waals surface area contributed by atoms with E-state index < -0.39 is 6.04 Å². The van der Waals surface area contributed by atoms with Gasteiger partial charge in [-0.3, -0.25) is 9.59 Å². The van der Waals surface area contributed by atoms with E-state index in [4.69, 9.17) is 0 Å². The molecule has 0 saturated carbocycles. The summed E-state index contributed by atoms with van der Waals surface area (Å²) in [5, 5.41) is 2.62. The lowest BCUT2D eigenvalue weighted by Crippen LogP contribution is -2.47. The molecule has 2 aromatic carbocycles. The van der Waals surface area contributed by atoms with Crippen molar-refractivity contribution < 1.29 is 9.59 Å². The lowest BCUT2D eigenvalue weighted by molar-refractivity contribution is -0.139. The van der Waals surface area contributed by atoms with Crippen LogP contribution in [0, 0.1) is 0 Å². The van der Waals surface area contributed by atoms with Crippen LogP contribution in [0.1, 0.15) is 18.1 Å². The first kappa shape index (κ1) is 18.2. The predicted molar refractivity (Wildman–Crippen MR) is 98.4 cm³/mol. The Morgan fingerprint density at radius 2 is 1.75 bits per heavy atom. The van der Waals surface area contributed by atoms with Gasteiger partial charge in [0, 0.05) is 18.1 Å². The summed E-state index contributed by atoms with van der Waals surface area (Å²) in [5.74, 6) is -0.247. The van der Waals surface area contributed by atoms with Gasteiger partial charge in [0.1, 0.15) is 6.04 Å². The van der Waals surface area contributed by atoms with E-state index in [1.807, 2.05) is 54.6 Å². The molecule has 2 aromatic rings. The van der Waals surface area contributed by atoms with Gasteiger partial charge in [-0.15, -0.1) is 0 Å². The molecule has 2 amide bonds. The second kappa shape index (κ2) is 8.64. The molecule has 1 N–H and O–H groups in total. The molecule has 0 aromatic heterocycles. The first-order valence-electron chi connectivity index (χ1n) is 7.80. The van der Waals surface area contributed by atoms with Crippen LogP contribution in [0.4, 0.5) is 0 Å². The molecule has 0 heterocycles. The van der Waals surface area contributed by atoms with E-state index in [1.54, 1.807) is 18.9 Å². The van der Waals surface area contributed by atoms with E-state index in [0.717, 1.165) is 15.6 Å². The maximum atomic E-state index is 12.8. The first-order chi connectivity index (χ1) is 11.5. The van der Waals surface area contributed by atoms with Gasteiger partial charge in [-0.1, -0.05) is 58.4 Å². The summed E-state index contributed by atoms with van der Waals surface area (Å²) in [6.07, 6.45) is 0.274. The van der Waals surface area contributed by atoms with Crippen LogP contribution < -0.4 is 5.32 Å². The standard InChI is InChI=1S/C19H21BrN2O2/c1-14(19(24)21-2)22(13-16-9-6-10-17(20)11-16)18(23)12-15-7-4-3-5-8-15/h3-11,14H,12-13H2,1-2H3,(H,21,24)/t14-/m1/s1. The van der Waals surface area contributed by atoms with Crippen LogP contribution in [-0.2, 0) is 22.6 Å². The molecule has 0 unspecified atom stereocenters. The quantitative estimate of drug-likeness (QED) is 0.825. The number of hydrogen-bond acceptors (Lipinski definition) is 2. The Morgan fingerprint density at radius 3 is 2.38 bits per heavy atom. The van der Waals surface area contributed by atoms with Crippen molar-refractivity contribution in [3.8, 4) is 0 Å². The molecule has 126 valence electrons. The zero-order chi connectivity index (χ0) is 17.5. The highest BCUT2D eigenvalue weighted by atomic mass is 79.9. The zero-order valence-corrected chi connectivity index (χ0v) is 15.4. The van der Waals surface area contributed by atoms with Crippen molar-refractivity contribution in [3.05, 3.63) is 70.2 Å². The molecule has 2 rings (SSSR count). The van der Waals surface area contributed by atoms with Gasteiger partial charge >= 0.3 is 0 Å².